The van der Waals surface area contributed by atoms with Crippen molar-refractivity contribution >= 4 is 11.0 Å². The Kier molecular flexibility index (Phi) is 7.34. The van der Waals surface area contributed by atoms with Crippen LogP contribution in [-0.2, 0) is 20.1 Å². The van der Waals surface area contributed by atoms with Crippen LogP contribution in [0, 0.1) is 31.0 Å². The van der Waals surface area contributed by atoms with Crippen molar-refractivity contribution in [2.45, 2.75) is 6.92 Å². The Morgan fingerprint density at radius 1 is 0.903 bits per heavy atom. The molecular weight excluding hydrogens is 575 g/mol. The Hall–Kier alpha value is -3.28. The SMILES string of the molecule is Cc1ccnc(-c2[c-]cc(F)cc2F)c1.[Ir].[c-]1nc2ccccc2n1-c1ccccn1. The summed E-state index contributed by atoms with van der Waals surface area (Å²) in [5, 5.41) is 0. The molecule has 0 aliphatic rings. The number of hydrogen-bond donors (Lipinski definition) is 0. The van der Waals surface area contributed by atoms with Crippen LogP contribution in [0.15, 0.2) is 79.1 Å². The predicted molar refractivity (Wildman–Crippen MR) is 111 cm³/mol. The van der Waals surface area contributed by atoms with Crippen molar-refractivity contribution in [3.8, 4) is 17.1 Å². The molecule has 0 amide bonds. The zero-order chi connectivity index (χ0) is 20.9. The number of benzene rings is 2. The molecule has 0 fully saturated rings. The maximum absolute atomic E-state index is 13.4. The molecular formula is C24H16F2IrN4-2. The van der Waals surface area contributed by atoms with E-state index in [0.717, 1.165) is 34.5 Å². The van der Waals surface area contributed by atoms with E-state index in [1.165, 1.54) is 0 Å². The van der Waals surface area contributed by atoms with E-state index in [0.29, 0.717) is 5.69 Å². The van der Waals surface area contributed by atoms with Gasteiger partial charge < -0.3 is 14.5 Å². The van der Waals surface area contributed by atoms with Crippen molar-refractivity contribution < 1.29 is 28.9 Å². The summed E-state index contributed by atoms with van der Waals surface area (Å²) in [7, 11) is 0. The monoisotopic (exact) mass is 591 g/mol. The molecule has 7 heteroatoms. The van der Waals surface area contributed by atoms with Gasteiger partial charge in [-0.1, -0.05) is 65.2 Å². The zero-order valence-electron chi connectivity index (χ0n) is 16.4. The number of fused-ring (bicyclic) bond motifs is 1. The van der Waals surface area contributed by atoms with Crippen molar-refractivity contribution in [2.75, 3.05) is 0 Å². The van der Waals surface area contributed by atoms with Crippen LogP contribution in [0.3, 0.4) is 0 Å². The second-order valence-corrected chi connectivity index (χ2v) is 6.48. The van der Waals surface area contributed by atoms with Crippen LogP contribution in [0.25, 0.3) is 28.1 Å². The van der Waals surface area contributed by atoms with Crippen LogP contribution in [0.5, 0.6) is 0 Å². The van der Waals surface area contributed by atoms with Gasteiger partial charge in [0, 0.05) is 50.5 Å². The summed E-state index contributed by atoms with van der Waals surface area (Å²) >= 11 is 0. The van der Waals surface area contributed by atoms with Crippen LogP contribution < -0.4 is 0 Å². The fraction of sp³-hybridized carbons (Fsp3) is 0.0417. The number of pyridine rings is 2. The van der Waals surface area contributed by atoms with Crippen molar-refractivity contribution in [3.05, 3.63) is 109 Å². The number of nitrogens with zero attached hydrogens (tertiary/aromatic N) is 4. The van der Waals surface area contributed by atoms with E-state index in [-0.39, 0.29) is 25.7 Å². The quantitative estimate of drug-likeness (QED) is 0.261. The number of para-hydroxylation sites is 2. The van der Waals surface area contributed by atoms with Crippen LogP contribution in [0.4, 0.5) is 8.78 Å². The van der Waals surface area contributed by atoms with Gasteiger partial charge >= 0.3 is 0 Å². The average Bonchev–Trinajstić information content (AvgIpc) is 3.19. The Balaban J connectivity index is 0.000000170. The van der Waals surface area contributed by atoms with Gasteiger partial charge in [-0.25, -0.2) is 0 Å². The molecule has 0 saturated carbocycles. The fourth-order valence-corrected chi connectivity index (χ4v) is 2.88. The number of halogens is 2. The van der Waals surface area contributed by atoms with E-state index >= 15 is 0 Å². The fourth-order valence-electron chi connectivity index (χ4n) is 2.88. The van der Waals surface area contributed by atoms with E-state index in [1.807, 2.05) is 60.0 Å². The van der Waals surface area contributed by atoms with Gasteiger partial charge in [0.05, 0.1) is 5.82 Å². The van der Waals surface area contributed by atoms with E-state index < -0.39 is 11.6 Å². The third-order valence-electron chi connectivity index (χ3n) is 4.30. The molecule has 4 nitrogen and oxygen atoms in total. The number of rotatable bonds is 2. The molecule has 0 aliphatic heterocycles. The van der Waals surface area contributed by atoms with Gasteiger partial charge in [0.2, 0.25) is 0 Å². The molecule has 5 rings (SSSR count). The molecule has 157 valence electrons. The van der Waals surface area contributed by atoms with Crippen LogP contribution in [-0.4, -0.2) is 19.5 Å². The topological polar surface area (TPSA) is 43.6 Å². The summed E-state index contributed by atoms with van der Waals surface area (Å²) in [5.41, 5.74) is 3.59. The maximum Gasteiger partial charge on any atom is 0.0552 e. The second-order valence-electron chi connectivity index (χ2n) is 6.48. The largest absolute Gasteiger partial charge is 0.411 e. The molecule has 0 atom stereocenters. The number of aryl methyl sites for hydroxylation is 1. The van der Waals surface area contributed by atoms with E-state index in [2.05, 4.69) is 27.3 Å². The first-order chi connectivity index (χ1) is 14.6. The first-order valence-corrected chi connectivity index (χ1v) is 9.18. The zero-order valence-corrected chi connectivity index (χ0v) is 18.8. The summed E-state index contributed by atoms with van der Waals surface area (Å²) in [6.45, 7) is 1.88. The predicted octanol–water partition coefficient (Wildman–Crippen LogP) is 5.35. The van der Waals surface area contributed by atoms with Crippen molar-refractivity contribution in [1.82, 2.24) is 19.5 Å². The molecule has 0 unspecified atom stereocenters. The first-order valence-electron chi connectivity index (χ1n) is 9.18. The average molecular weight is 591 g/mol. The molecule has 2 aromatic carbocycles. The minimum absolute atomic E-state index is 0. The Bertz CT molecular complexity index is 1290. The maximum atomic E-state index is 13.4. The summed E-state index contributed by atoms with van der Waals surface area (Å²) in [6.07, 6.45) is 6.28. The summed E-state index contributed by atoms with van der Waals surface area (Å²) in [6, 6.07) is 21.7. The molecule has 0 saturated heterocycles. The molecule has 3 aromatic heterocycles. The van der Waals surface area contributed by atoms with Crippen molar-refractivity contribution in [3.63, 3.8) is 0 Å². The van der Waals surface area contributed by atoms with Crippen LogP contribution in [0.1, 0.15) is 5.56 Å². The molecule has 3 heterocycles. The van der Waals surface area contributed by atoms with Gasteiger partial charge in [0.15, 0.2) is 0 Å². The smallest absolute Gasteiger partial charge is 0.0552 e. The number of imidazole rings is 1. The standard InChI is InChI=1S/C12H8F2N.C12H8N3.Ir/c1-8-4-5-15-12(6-8)10-3-2-9(13)7-11(10)14;1-2-6-11-10(5-1)14-9-15(11)12-7-3-4-8-13-12;/h2,4-7H,1H3;1-8H;/q2*-1;. The number of aromatic nitrogens is 4. The van der Waals surface area contributed by atoms with Gasteiger partial charge in [-0.3, -0.25) is 13.8 Å². The summed E-state index contributed by atoms with van der Waals surface area (Å²) in [5.74, 6) is -0.441. The van der Waals surface area contributed by atoms with Crippen LogP contribution in [0.2, 0.25) is 0 Å². The minimum atomic E-state index is -0.645. The molecule has 1 radical (unpaired) electrons. The van der Waals surface area contributed by atoms with Gasteiger partial charge in [-0.05, 0) is 30.3 Å². The normalized spacial score (nSPS) is 10.2. The molecule has 5 aromatic rings. The summed E-state index contributed by atoms with van der Waals surface area (Å²) in [4.78, 5) is 12.5. The third kappa shape index (κ3) is 5.26. The van der Waals surface area contributed by atoms with Gasteiger partial charge in [-0.15, -0.1) is 12.1 Å². The second kappa shape index (κ2) is 10.2. The van der Waals surface area contributed by atoms with E-state index in [4.69, 9.17) is 0 Å². The van der Waals surface area contributed by atoms with Crippen LogP contribution >= 0.6 is 0 Å². The Morgan fingerprint density at radius 3 is 2.45 bits per heavy atom. The Labute approximate surface area is 192 Å². The van der Waals surface area contributed by atoms with Gasteiger partial charge in [0.25, 0.3) is 0 Å². The van der Waals surface area contributed by atoms with Crippen molar-refractivity contribution in [1.29, 1.82) is 0 Å². The van der Waals surface area contributed by atoms with Gasteiger partial charge in [0.1, 0.15) is 0 Å². The van der Waals surface area contributed by atoms with E-state index in [9.17, 15) is 8.78 Å². The molecule has 0 N–H and O–H groups in total. The molecule has 0 aliphatic carbocycles. The Morgan fingerprint density at radius 2 is 1.71 bits per heavy atom. The molecule has 0 spiro atoms. The van der Waals surface area contributed by atoms with Gasteiger partial charge in [-0.2, -0.15) is 0 Å². The molecule has 0 bridgehead atoms. The van der Waals surface area contributed by atoms with Crippen molar-refractivity contribution in [2.24, 2.45) is 0 Å². The third-order valence-corrected chi connectivity index (χ3v) is 4.30. The molecule has 31 heavy (non-hydrogen) atoms. The van der Waals surface area contributed by atoms with E-state index in [1.54, 1.807) is 18.5 Å². The summed E-state index contributed by atoms with van der Waals surface area (Å²) < 4.78 is 27.9. The number of hydrogen-bond acceptors (Lipinski definition) is 3. The minimum Gasteiger partial charge on any atom is -0.411 e. The first kappa shape index (κ1) is 22.4.